The topological polar surface area (TPSA) is 171 Å². The third-order valence-corrected chi connectivity index (χ3v) is 8.20. The van der Waals surface area contributed by atoms with Gasteiger partial charge in [-0.15, -0.1) is 0 Å². The van der Waals surface area contributed by atoms with E-state index in [0.29, 0.717) is 23.6 Å². The minimum atomic E-state index is -4.94. The molecule has 2 aliphatic rings. The van der Waals surface area contributed by atoms with Gasteiger partial charge in [0.2, 0.25) is 17.3 Å². The maximum Gasteiger partial charge on any atom is 0.408 e. The van der Waals surface area contributed by atoms with Crippen LogP contribution in [0.25, 0.3) is 0 Å². The Morgan fingerprint density at radius 1 is 1.11 bits per heavy atom. The van der Waals surface area contributed by atoms with Gasteiger partial charge in [-0.25, -0.2) is 4.79 Å². The lowest BCUT2D eigenvalue weighted by Gasteiger charge is -2.29. The fraction of sp³-hybridized carbons (Fsp3) is 0.625. The Morgan fingerprint density at radius 3 is 2.43 bits per heavy atom. The summed E-state index contributed by atoms with van der Waals surface area (Å²) in [7, 11) is -4.94. The number of hydrogen-bond donors (Lipinski definition) is 5. The summed E-state index contributed by atoms with van der Waals surface area (Å²) in [6, 6.07) is 4.28. The number of benzene rings is 1. The number of alkyl carbamates (subject to hydrolysis) is 1. The SMILES string of the molecule is O=C(N[C@@H](CC1CCCCC1)C(=O)N[C@@H](C[C@@H]1CCNC1=O)C(O)S(=O)(=O)O)OCc1ccccc1Cl. The van der Waals surface area contributed by atoms with Crippen LogP contribution in [0.15, 0.2) is 24.3 Å². The summed E-state index contributed by atoms with van der Waals surface area (Å²) in [5.74, 6) is -1.57. The van der Waals surface area contributed by atoms with Crippen molar-refractivity contribution in [1.82, 2.24) is 16.0 Å². The number of carbonyl (C=O) groups is 3. The first kappa shape index (κ1) is 29.2. The molecule has 3 rings (SSSR count). The molecule has 0 aromatic heterocycles. The molecule has 4 atom stereocenters. The van der Waals surface area contributed by atoms with E-state index in [9.17, 15) is 32.5 Å². The monoisotopic (exact) mass is 559 g/mol. The number of aliphatic hydroxyl groups is 1. The van der Waals surface area contributed by atoms with Crippen LogP contribution in [-0.2, 0) is 31.1 Å². The standard InChI is InChI=1S/C24H34ClN3O8S/c25-18-9-5-4-8-17(18)14-36-24(32)28-19(12-15-6-2-1-3-7-15)22(30)27-20(23(31)37(33,34)35)13-16-10-11-26-21(16)29/h4-5,8-9,15-16,19-20,23,31H,1-3,6-7,10-14H2,(H,26,29)(H,27,30)(H,28,32)(H,33,34,35)/t16-,19-,20-,23?/m0/s1. The van der Waals surface area contributed by atoms with E-state index < -0.39 is 45.6 Å². The van der Waals surface area contributed by atoms with E-state index in [4.69, 9.17) is 16.3 Å². The average molecular weight is 560 g/mol. The molecular weight excluding hydrogens is 526 g/mol. The van der Waals surface area contributed by atoms with Gasteiger partial charge in [0.05, 0.1) is 6.04 Å². The molecule has 1 aromatic rings. The van der Waals surface area contributed by atoms with Crippen molar-refractivity contribution in [2.75, 3.05) is 6.54 Å². The zero-order valence-electron chi connectivity index (χ0n) is 20.4. The molecular formula is C24H34ClN3O8S. The molecule has 0 radical (unpaired) electrons. The Morgan fingerprint density at radius 2 is 1.81 bits per heavy atom. The highest BCUT2D eigenvalue weighted by atomic mass is 35.5. The van der Waals surface area contributed by atoms with E-state index in [2.05, 4.69) is 16.0 Å². The van der Waals surface area contributed by atoms with Gasteiger partial charge in [0, 0.05) is 23.0 Å². The van der Waals surface area contributed by atoms with Crippen molar-refractivity contribution in [3.63, 3.8) is 0 Å². The largest absolute Gasteiger partial charge is 0.445 e. The molecule has 1 unspecified atom stereocenters. The highest BCUT2D eigenvalue weighted by Crippen LogP contribution is 2.28. The maximum atomic E-state index is 13.3. The van der Waals surface area contributed by atoms with Crippen molar-refractivity contribution in [2.24, 2.45) is 11.8 Å². The van der Waals surface area contributed by atoms with Crippen molar-refractivity contribution in [3.05, 3.63) is 34.9 Å². The van der Waals surface area contributed by atoms with Gasteiger partial charge >= 0.3 is 6.09 Å². The number of amides is 3. The molecule has 1 aromatic carbocycles. The van der Waals surface area contributed by atoms with Gasteiger partial charge in [-0.3, -0.25) is 14.1 Å². The number of hydrogen-bond acceptors (Lipinski definition) is 7. The third-order valence-electron chi connectivity index (χ3n) is 6.90. The molecule has 1 saturated carbocycles. The highest BCUT2D eigenvalue weighted by Gasteiger charge is 2.38. The molecule has 206 valence electrons. The van der Waals surface area contributed by atoms with Crippen molar-refractivity contribution >= 4 is 39.6 Å². The molecule has 37 heavy (non-hydrogen) atoms. The van der Waals surface area contributed by atoms with Crippen molar-refractivity contribution in [1.29, 1.82) is 0 Å². The molecule has 11 nitrogen and oxygen atoms in total. The summed E-state index contributed by atoms with van der Waals surface area (Å²) in [6.07, 6.45) is 4.44. The van der Waals surface area contributed by atoms with Gasteiger partial charge in [0.25, 0.3) is 10.1 Å². The highest BCUT2D eigenvalue weighted by molar-refractivity contribution is 7.86. The molecule has 5 N–H and O–H groups in total. The Labute approximate surface area is 221 Å². The second-order valence-corrected chi connectivity index (χ2v) is 11.6. The molecule has 1 heterocycles. The van der Waals surface area contributed by atoms with E-state index in [-0.39, 0.29) is 31.3 Å². The molecule has 0 bridgehead atoms. The smallest absolute Gasteiger partial charge is 0.408 e. The van der Waals surface area contributed by atoms with Crippen molar-refractivity contribution in [3.8, 4) is 0 Å². The summed E-state index contributed by atoms with van der Waals surface area (Å²) in [5.41, 5.74) is -1.76. The second-order valence-electron chi connectivity index (χ2n) is 9.64. The van der Waals surface area contributed by atoms with Crippen LogP contribution in [0.1, 0.15) is 56.9 Å². The lowest BCUT2D eigenvalue weighted by Crippen LogP contribution is -2.55. The predicted octanol–water partition coefficient (Wildman–Crippen LogP) is 2.12. The molecule has 1 saturated heterocycles. The van der Waals surface area contributed by atoms with Crippen molar-refractivity contribution in [2.45, 2.75) is 75.5 Å². The first-order chi connectivity index (χ1) is 17.5. The van der Waals surface area contributed by atoms with Crippen LogP contribution in [0.2, 0.25) is 5.02 Å². The van der Waals surface area contributed by atoms with Gasteiger partial charge in [-0.05, 0) is 31.2 Å². The van der Waals surface area contributed by atoms with E-state index in [1.54, 1.807) is 24.3 Å². The van der Waals surface area contributed by atoms with Crippen LogP contribution >= 0.6 is 11.6 Å². The Kier molecular flexibility index (Phi) is 10.6. The summed E-state index contributed by atoms with van der Waals surface area (Å²) >= 11 is 6.10. The van der Waals surface area contributed by atoms with Gasteiger partial charge in [0.15, 0.2) is 0 Å². The van der Waals surface area contributed by atoms with Gasteiger partial charge < -0.3 is 25.8 Å². The fourth-order valence-corrected chi connectivity index (χ4v) is 5.63. The quantitative estimate of drug-likeness (QED) is 0.256. The molecule has 1 aliphatic heterocycles. The zero-order valence-corrected chi connectivity index (χ0v) is 22.0. The summed E-state index contributed by atoms with van der Waals surface area (Å²) < 4.78 is 38.0. The molecule has 1 aliphatic carbocycles. The number of ether oxygens (including phenoxy) is 1. The predicted molar refractivity (Wildman–Crippen MR) is 135 cm³/mol. The lowest BCUT2D eigenvalue weighted by molar-refractivity contribution is -0.126. The second kappa shape index (κ2) is 13.4. The van der Waals surface area contributed by atoms with Crippen LogP contribution in [-0.4, -0.2) is 60.0 Å². The third kappa shape index (κ3) is 8.84. The molecule has 3 amide bonds. The normalized spacial score (nSPS) is 20.9. The fourth-order valence-electron chi connectivity index (χ4n) is 4.84. The van der Waals surface area contributed by atoms with Crippen LogP contribution in [0, 0.1) is 11.8 Å². The van der Waals surface area contributed by atoms with Gasteiger partial charge in [0.1, 0.15) is 12.6 Å². The number of carbonyl (C=O) groups excluding carboxylic acids is 3. The average Bonchev–Trinajstić information content (AvgIpc) is 3.26. The Balaban J connectivity index is 1.71. The number of rotatable bonds is 11. The molecule has 2 fully saturated rings. The van der Waals surface area contributed by atoms with E-state index >= 15 is 0 Å². The number of aliphatic hydroxyl groups excluding tert-OH is 1. The van der Waals surface area contributed by atoms with E-state index in [1.165, 1.54) is 0 Å². The number of nitrogens with one attached hydrogen (secondary N) is 3. The van der Waals surface area contributed by atoms with Crippen LogP contribution in [0.5, 0.6) is 0 Å². The van der Waals surface area contributed by atoms with Crippen LogP contribution in [0.4, 0.5) is 4.79 Å². The van der Waals surface area contributed by atoms with E-state index in [0.717, 1.165) is 32.1 Å². The van der Waals surface area contributed by atoms with Gasteiger partial charge in [-0.1, -0.05) is 61.9 Å². The van der Waals surface area contributed by atoms with Crippen LogP contribution in [0.3, 0.4) is 0 Å². The number of halogens is 1. The first-order valence-corrected chi connectivity index (χ1v) is 14.3. The van der Waals surface area contributed by atoms with Crippen LogP contribution < -0.4 is 16.0 Å². The van der Waals surface area contributed by atoms with Gasteiger partial charge in [-0.2, -0.15) is 8.42 Å². The van der Waals surface area contributed by atoms with Crippen molar-refractivity contribution < 1.29 is 37.2 Å². The summed E-state index contributed by atoms with van der Waals surface area (Å²) in [5, 5.41) is 18.3. The minimum Gasteiger partial charge on any atom is -0.445 e. The van der Waals surface area contributed by atoms with E-state index in [1.807, 2.05) is 0 Å². The lowest BCUT2D eigenvalue weighted by atomic mass is 9.84. The zero-order chi connectivity index (χ0) is 27.0. The summed E-state index contributed by atoms with van der Waals surface area (Å²) in [6.45, 7) is 0.263. The summed E-state index contributed by atoms with van der Waals surface area (Å²) in [4.78, 5) is 37.9. The minimum absolute atomic E-state index is 0.121. The maximum absolute atomic E-state index is 13.3. The molecule has 0 spiro atoms. The first-order valence-electron chi connectivity index (χ1n) is 12.4. The Bertz CT molecular complexity index is 1060. The molecule has 13 heteroatoms. The Hall–Kier alpha value is -2.41.